The number of ether oxygens (including phenoxy) is 3. The van der Waals surface area contributed by atoms with E-state index in [1.54, 1.807) is 6.92 Å². The number of benzene rings is 2. The van der Waals surface area contributed by atoms with Gasteiger partial charge in [0.15, 0.2) is 0 Å². The summed E-state index contributed by atoms with van der Waals surface area (Å²) in [6.45, 7) is 14.2. The smallest absolute Gasteiger partial charge is 0.306 e. The Morgan fingerprint density at radius 3 is 2.05 bits per heavy atom. The van der Waals surface area contributed by atoms with Crippen molar-refractivity contribution >= 4 is 17.6 Å². The fourth-order valence-electron chi connectivity index (χ4n) is 4.67. The number of hydrogen-bond acceptors (Lipinski definition) is 6. The van der Waals surface area contributed by atoms with Gasteiger partial charge in [0.2, 0.25) is 0 Å². The van der Waals surface area contributed by atoms with Crippen molar-refractivity contribution in [1.82, 2.24) is 0 Å². The molecule has 0 unspecified atom stereocenters. The van der Waals surface area contributed by atoms with E-state index in [0.29, 0.717) is 45.5 Å². The molecule has 0 N–H and O–H groups in total. The van der Waals surface area contributed by atoms with Crippen LogP contribution in [-0.2, 0) is 31.9 Å². The van der Waals surface area contributed by atoms with Crippen molar-refractivity contribution in [3.05, 3.63) is 58.7 Å². The largest absolute Gasteiger partial charge is 0.493 e. The number of unbranched alkanes of at least 4 members (excludes halogenated alkanes) is 3. The van der Waals surface area contributed by atoms with Crippen LogP contribution in [0.4, 0.5) is 5.69 Å². The van der Waals surface area contributed by atoms with Gasteiger partial charge in [0, 0.05) is 32.1 Å². The van der Waals surface area contributed by atoms with Crippen LogP contribution >= 0.6 is 0 Å². The molecule has 40 heavy (non-hydrogen) atoms. The number of carbonyl (C=O) groups excluding carboxylic acids is 2. The van der Waals surface area contributed by atoms with Gasteiger partial charge in [0.1, 0.15) is 5.75 Å². The van der Waals surface area contributed by atoms with Gasteiger partial charge < -0.3 is 19.1 Å². The highest BCUT2D eigenvalue weighted by Gasteiger charge is 2.13. The quantitative estimate of drug-likeness (QED) is 0.138. The second-order valence-electron chi connectivity index (χ2n) is 9.89. The molecule has 2 aromatic rings. The Kier molecular flexibility index (Phi) is 18.2. The lowest BCUT2D eigenvalue weighted by Gasteiger charge is -2.20. The summed E-state index contributed by atoms with van der Waals surface area (Å²) in [7, 11) is 2.17. The van der Waals surface area contributed by atoms with Crippen molar-refractivity contribution in [2.75, 3.05) is 38.3 Å². The van der Waals surface area contributed by atoms with Crippen LogP contribution in [0.3, 0.4) is 0 Å². The highest BCUT2D eigenvalue weighted by atomic mass is 16.5. The molecular formula is C34H53NO5. The third-order valence-electron chi connectivity index (χ3n) is 6.54. The Bertz CT molecular complexity index is 984. The molecule has 224 valence electrons. The lowest BCUT2D eigenvalue weighted by atomic mass is 9.96. The molecule has 0 saturated carbocycles. The number of aryl methyl sites for hydroxylation is 3. The minimum atomic E-state index is -0.201. The van der Waals surface area contributed by atoms with Crippen molar-refractivity contribution in [2.45, 2.75) is 99.3 Å². The molecule has 2 aromatic carbocycles. The van der Waals surface area contributed by atoms with Crippen LogP contribution in [0.15, 0.2) is 36.4 Å². The van der Waals surface area contributed by atoms with Crippen molar-refractivity contribution < 1.29 is 23.8 Å². The van der Waals surface area contributed by atoms with Crippen molar-refractivity contribution in [3.63, 3.8) is 0 Å². The highest BCUT2D eigenvalue weighted by Crippen LogP contribution is 2.27. The molecule has 2 rings (SSSR count). The first-order valence-corrected chi connectivity index (χ1v) is 15.2. The summed E-state index contributed by atoms with van der Waals surface area (Å²) in [5.41, 5.74) is 6.19. The maximum absolute atomic E-state index is 12.0. The normalized spacial score (nSPS) is 10.4. The van der Waals surface area contributed by atoms with Gasteiger partial charge in [-0.2, -0.15) is 0 Å². The number of hydrogen-bond donors (Lipinski definition) is 0. The van der Waals surface area contributed by atoms with Gasteiger partial charge in [-0.25, -0.2) is 0 Å². The predicted octanol–water partition coefficient (Wildman–Crippen LogP) is 7.79. The van der Waals surface area contributed by atoms with E-state index in [0.717, 1.165) is 43.5 Å². The van der Waals surface area contributed by atoms with E-state index < -0.39 is 0 Å². The van der Waals surface area contributed by atoms with Crippen LogP contribution in [0.25, 0.3) is 0 Å². The van der Waals surface area contributed by atoms with Crippen molar-refractivity contribution in [2.24, 2.45) is 0 Å². The Balaban J connectivity index is 0.00000391. The molecule has 0 heterocycles. The molecule has 0 aliphatic heterocycles. The van der Waals surface area contributed by atoms with Crippen molar-refractivity contribution in [3.8, 4) is 5.75 Å². The highest BCUT2D eigenvalue weighted by molar-refractivity contribution is 5.70. The topological polar surface area (TPSA) is 65.1 Å². The molecule has 0 spiro atoms. The Labute approximate surface area is 243 Å². The summed E-state index contributed by atoms with van der Waals surface area (Å²) < 4.78 is 16.2. The maximum Gasteiger partial charge on any atom is 0.306 e. The number of esters is 2. The van der Waals surface area contributed by atoms with Crippen LogP contribution in [0.2, 0.25) is 0 Å². The molecular weight excluding hydrogens is 502 g/mol. The molecule has 0 aromatic heterocycles. The second kappa shape index (κ2) is 20.8. The molecule has 0 radical (unpaired) electrons. The van der Waals surface area contributed by atoms with E-state index in [1.165, 1.54) is 28.8 Å². The Hall–Kier alpha value is -3.02. The standard InChI is InChI=1S/C32H47NO5.C2H6/c1-6-36-31(34)17-13-21-38-30-16-12-15-27(29(30)18-19-32(35)37-7-2)14-10-8-9-11-20-33(5)28-23-25(3)22-26(4)24-28;1-2/h12,15-16,22-24H,6-11,13-14,17-21H2,1-5H3;1-2H3. The molecule has 0 aliphatic carbocycles. The summed E-state index contributed by atoms with van der Waals surface area (Å²) in [6.07, 6.45) is 7.37. The van der Waals surface area contributed by atoms with Crippen molar-refractivity contribution in [1.29, 1.82) is 0 Å². The molecule has 0 saturated heterocycles. The lowest BCUT2D eigenvalue weighted by Crippen LogP contribution is -2.18. The molecule has 0 fully saturated rings. The summed E-state index contributed by atoms with van der Waals surface area (Å²) in [4.78, 5) is 26.0. The van der Waals surface area contributed by atoms with Crippen LogP contribution in [0.1, 0.15) is 94.9 Å². The van der Waals surface area contributed by atoms with E-state index in [4.69, 9.17) is 14.2 Å². The zero-order valence-corrected chi connectivity index (χ0v) is 26.1. The summed E-state index contributed by atoms with van der Waals surface area (Å²) >= 11 is 0. The molecule has 0 atom stereocenters. The van der Waals surface area contributed by atoms with Gasteiger partial charge in [-0.05, 0) is 100 Å². The summed E-state index contributed by atoms with van der Waals surface area (Å²) in [6, 6.07) is 12.8. The first-order valence-electron chi connectivity index (χ1n) is 15.2. The zero-order chi connectivity index (χ0) is 29.8. The van der Waals surface area contributed by atoms with Crippen LogP contribution < -0.4 is 9.64 Å². The SMILES string of the molecule is CC.CCOC(=O)CCCOc1cccc(CCCCCCN(C)c2cc(C)cc(C)c2)c1CCC(=O)OCC. The molecule has 0 amide bonds. The first kappa shape index (κ1) is 35.0. The van der Waals surface area contributed by atoms with Gasteiger partial charge in [-0.15, -0.1) is 0 Å². The van der Waals surface area contributed by atoms with Gasteiger partial charge in [-0.3, -0.25) is 9.59 Å². The number of nitrogens with zero attached hydrogens (tertiary/aromatic N) is 1. The van der Waals surface area contributed by atoms with E-state index >= 15 is 0 Å². The monoisotopic (exact) mass is 555 g/mol. The molecule has 0 bridgehead atoms. The molecule has 6 heteroatoms. The van der Waals surface area contributed by atoms with Gasteiger partial charge in [0.05, 0.1) is 19.8 Å². The summed E-state index contributed by atoms with van der Waals surface area (Å²) in [5.74, 6) is 0.404. The average molecular weight is 556 g/mol. The third kappa shape index (κ3) is 13.9. The fourth-order valence-corrected chi connectivity index (χ4v) is 4.67. The van der Waals surface area contributed by atoms with E-state index in [9.17, 15) is 9.59 Å². The van der Waals surface area contributed by atoms with Gasteiger partial charge >= 0.3 is 11.9 Å². The number of anilines is 1. The van der Waals surface area contributed by atoms with Crippen LogP contribution in [-0.4, -0.2) is 45.4 Å². The summed E-state index contributed by atoms with van der Waals surface area (Å²) in [5, 5.41) is 0. The third-order valence-corrected chi connectivity index (χ3v) is 6.54. The Morgan fingerprint density at radius 1 is 0.775 bits per heavy atom. The Morgan fingerprint density at radius 2 is 1.40 bits per heavy atom. The second-order valence-corrected chi connectivity index (χ2v) is 9.89. The fraction of sp³-hybridized carbons (Fsp3) is 0.588. The zero-order valence-electron chi connectivity index (χ0n) is 26.1. The van der Waals surface area contributed by atoms with Gasteiger partial charge in [-0.1, -0.05) is 44.9 Å². The average Bonchev–Trinajstić information content (AvgIpc) is 2.93. The van der Waals surface area contributed by atoms with Gasteiger partial charge in [0.25, 0.3) is 0 Å². The maximum atomic E-state index is 12.0. The minimum absolute atomic E-state index is 0.191. The molecule has 6 nitrogen and oxygen atoms in total. The van der Waals surface area contributed by atoms with Crippen LogP contribution in [0, 0.1) is 13.8 Å². The minimum Gasteiger partial charge on any atom is -0.493 e. The number of rotatable bonds is 18. The molecule has 0 aliphatic rings. The first-order chi connectivity index (χ1) is 19.3. The predicted molar refractivity (Wildman–Crippen MR) is 165 cm³/mol. The lowest BCUT2D eigenvalue weighted by molar-refractivity contribution is -0.144. The van der Waals surface area contributed by atoms with Crippen LogP contribution in [0.5, 0.6) is 5.75 Å². The van der Waals surface area contributed by atoms with E-state index in [-0.39, 0.29) is 11.9 Å². The van der Waals surface area contributed by atoms with E-state index in [1.807, 2.05) is 32.9 Å². The number of carbonyl (C=O) groups is 2. The van der Waals surface area contributed by atoms with E-state index in [2.05, 4.69) is 50.1 Å².